The Bertz CT molecular complexity index is 512. The molecule has 0 radical (unpaired) electrons. The Labute approximate surface area is 148 Å². The number of carboxylic acids is 1. The molecule has 3 nitrogen and oxygen atoms in total. The second-order valence-electron chi connectivity index (χ2n) is 5.11. The van der Waals surface area contributed by atoms with Gasteiger partial charge < -0.3 is 10.8 Å². The van der Waals surface area contributed by atoms with Crippen LogP contribution in [0.25, 0.3) is 0 Å². The molecule has 0 aliphatic heterocycles. The van der Waals surface area contributed by atoms with E-state index in [1.54, 1.807) is 13.8 Å². The standard InChI is InChI=1S/C12H18NO2S.C5H5.Fe/c1-12(2,10(13)11(14)15)16-8-7-9-5-3-4-6-9;1-2-4-5-3-1;/h3-6,10H,7-8,13H2,1-2H3,(H,14,15);1-5H;/q2*-1;+2/t10-;;/m1../s1/i7D;;/t7?,10-;;. The molecule has 0 heterocycles. The molecule has 0 fully saturated rings. The fourth-order valence-electron chi connectivity index (χ4n) is 1.59. The minimum atomic E-state index is -1.00. The van der Waals surface area contributed by atoms with Gasteiger partial charge in [-0.25, -0.2) is 24.3 Å². The Morgan fingerprint density at radius 3 is 2.32 bits per heavy atom. The molecule has 2 atom stereocenters. The fraction of sp³-hybridized carbons (Fsp3) is 0.353. The number of aliphatic carboxylic acids is 1. The number of hydrogen-bond donors (Lipinski definition) is 2. The van der Waals surface area contributed by atoms with Gasteiger partial charge in [0, 0.05) is 6.12 Å². The number of carbonyl (C=O) groups is 1. The Kier molecular flexibility index (Phi) is 9.25. The van der Waals surface area contributed by atoms with Gasteiger partial charge in [0.2, 0.25) is 0 Å². The quantitative estimate of drug-likeness (QED) is 0.612. The third-order valence-electron chi connectivity index (χ3n) is 3.03. The molecule has 22 heavy (non-hydrogen) atoms. The van der Waals surface area contributed by atoms with E-state index < -0.39 is 16.8 Å². The molecule has 2 rings (SSSR count). The van der Waals surface area contributed by atoms with Crippen molar-refractivity contribution in [3.05, 3.63) is 60.2 Å². The minimum Gasteiger partial charge on any atom is -0.480 e. The average Bonchev–Trinajstić information content (AvgIpc) is 3.18. The molecule has 0 aliphatic carbocycles. The molecule has 0 saturated heterocycles. The second kappa shape index (κ2) is 10.7. The summed E-state index contributed by atoms with van der Waals surface area (Å²) < 4.78 is 7.38. The van der Waals surface area contributed by atoms with E-state index in [4.69, 9.17) is 12.2 Å². The number of thioether (sulfide) groups is 1. The van der Waals surface area contributed by atoms with Crippen LogP contribution in [0.5, 0.6) is 0 Å². The van der Waals surface area contributed by atoms with Gasteiger partial charge in [-0.3, -0.25) is 4.79 Å². The summed E-state index contributed by atoms with van der Waals surface area (Å²) in [6.45, 7) is 3.60. The Balaban J connectivity index is 0.000000684. The number of carboxylic acid groups (broad SMARTS) is 1. The van der Waals surface area contributed by atoms with E-state index in [-0.39, 0.29) is 23.5 Å². The SMILES string of the molecule is [2H]C(CSC(C)(C)[C@H](N)C(=O)O)[c-]1cccc1.[Fe+2].c1cc[cH-]c1. The molecule has 122 valence electrons. The van der Waals surface area contributed by atoms with Crippen molar-refractivity contribution in [1.82, 2.24) is 0 Å². The molecule has 0 aliphatic rings. The van der Waals surface area contributed by atoms with Crippen molar-refractivity contribution >= 4 is 17.7 Å². The van der Waals surface area contributed by atoms with E-state index in [1.165, 1.54) is 11.8 Å². The predicted octanol–water partition coefficient (Wildman–Crippen LogP) is 3.27. The van der Waals surface area contributed by atoms with Crippen LogP contribution in [0.3, 0.4) is 0 Å². The first-order chi connectivity index (χ1) is 10.3. The van der Waals surface area contributed by atoms with Gasteiger partial charge in [-0.2, -0.15) is 47.7 Å². The number of aryl methyl sites for hydroxylation is 1. The average molecular weight is 362 g/mol. The summed E-state index contributed by atoms with van der Waals surface area (Å²) in [6, 6.07) is 16.7. The maximum absolute atomic E-state index is 10.8. The summed E-state index contributed by atoms with van der Waals surface area (Å²) in [5.41, 5.74) is 6.57. The maximum atomic E-state index is 10.8. The van der Waals surface area contributed by atoms with Crippen molar-refractivity contribution in [2.75, 3.05) is 5.75 Å². The largest absolute Gasteiger partial charge is 2.00 e. The molecular formula is C17H23FeNO2S. The van der Waals surface area contributed by atoms with Gasteiger partial charge in [-0.15, -0.1) is 0 Å². The van der Waals surface area contributed by atoms with Gasteiger partial charge >= 0.3 is 23.0 Å². The minimum absolute atomic E-state index is 0. The predicted molar refractivity (Wildman–Crippen MR) is 89.9 cm³/mol. The van der Waals surface area contributed by atoms with Gasteiger partial charge in [-0.1, -0.05) is 6.40 Å². The zero-order chi connectivity index (χ0) is 16.6. The van der Waals surface area contributed by atoms with Crippen LogP contribution in [-0.4, -0.2) is 27.6 Å². The summed E-state index contributed by atoms with van der Waals surface area (Å²) >= 11 is 1.43. The van der Waals surface area contributed by atoms with Crippen molar-refractivity contribution < 1.29 is 28.3 Å². The van der Waals surface area contributed by atoms with Crippen LogP contribution < -0.4 is 5.73 Å². The molecular weight excluding hydrogens is 338 g/mol. The van der Waals surface area contributed by atoms with E-state index >= 15 is 0 Å². The van der Waals surface area contributed by atoms with Crippen molar-refractivity contribution in [3.63, 3.8) is 0 Å². The number of rotatable bonds is 6. The molecule has 0 aromatic heterocycles. The molecule has 3 N–H and O–H groups in total. The molecule has 5 heteroatoms. The van der Waals surface area contributed by atoms with Gasteiger partial charge in [0.25, 0.3) is 0 Å². The first-order valence-corrected chi connectivity index (χ1v) is 7.76. The van der Waals surface area contributed by atoms with E-state index in [9.17, 15) is 4.79 Å². The van der Waals surface area contributed by atoms with Crippen molar-refractivity contribution in [2.24, 2.45) is 5.73 Å². The van der Waals surface area contributed by atoms with Crippen LogP contribution in [0.2, 0.25) is 0 Å². The number of hydrogen-bond acceptors (Lipinski definition) is 3. The van der Waals surface area contributed by atoms with Crippen LogP contribution in [0, 0.1) is 0 Å². The summed E-state index contributed by atoms with van der Waals surface area (Å²) in [5.74, 6) is -0.463. The topological polar surface area (TPSA) is 63.3 Å². The summed E-state index contributed by atoms with van der Waals surface area (Å²) in [6.07, 6.45) is -0.338. The maximum Gasteiger partial charge on any atom is 2.00 e. The van der Waals surface area contributed by atoms with Crippen LogP contribution >= 0.6 is 11.8 Å². The van der Waals surface area contributed by atoms with E-state index in [0.29, 0.717) is 5.75 Å². The van der Waals surface area contributed by atoms with Crippen molar-refractivity contribution in [3.8, 4) is 0 Å². The van der Waals surface area contributed by atoms with Gasteiger partial charge in [-0.05, 0) is 19.6 Å². The van der Waals surface area contributed by atoms with Crippen LogP contribution in [0.15, 0.2) is 54.6 Å². The monoisotopic (exact) mass is 362 g/mol. The summed E-state index contributed by atoms with van der Waals surface area (Å²) in [5, 5.41) is 8.88. The first kappa shape index (κ1) is 19.0. The molecule has 2 aromatic rings. The Morgan fingerprint density at radius 2 is 1.91 bits per heavy atom. The summed E-state index contributed by atoms with van der Waals surface area (Å²) in [4.78, 5) is 10.8. The second-order valence-corrected chi connectivity index (χ2v) is 6.79. The zero-order valence-corrected chi connectivity index (χ0v) is 14.7. The fourth-order valence-corrected chi connectivity index (χ4v) is 2.57. The Hall–Kier alpha value is -1.00. The molecule has 0 amide bonds. The summed E-state index contributed by atoms with van der Waals surface area (Å²) in [7, 11) is 0. The van der Waals surface area contributed by atoms with E-state index in [2.05, 4.69) is 0 Å². The molecule has 2 aromatic carbocycles. The molecule has 0 bridgehead atoms. The van der Waals surface area contributed by atoms with Crippen LogP contribution in [-0.2, 0) is 28.3 Å². The van der Waals surface area contributed by atoms with E-state index in [1.807, 2.05) is 54.6 Å². The smallest absolute Gasteiger partial charge is 0.480 e. The molecule has 1 unspecified atom stereocenters. The Morgan fingerprint density at radius 1 is 1.36 bits per heavy atom. The zero-order valence-electron chi connectivity index (χ0n) is 13.8. The van der Waals surface area contributed by atoms with Gasteiger partial charge in [0.05, 0.1) is 0 Å². The third kappa shape index (κ3) is 7.85. The first-order valence-electron chi connectivity index (χ1n) is 7.35. The van der Waals surface area contributed by atoms with Gasteiger partial charge in [0.1, 0.15) is 6.04 Å². The van der Waals surface area contributed by atoms with Crippen LogP contribution in [0.4, 0.5) is 0 Å². The van der Waals surface area contributed by atoms with Gasteiger partial charge in [0.15, 0.2) is 0 Å². The number of nitrogens with two attached hydrogens (primary N) is 1. The van der Waals surface area contributed by atoms with E-state index in [0.717, 1.165) is 5.56 Å². The molecule has 0 saturated carbocycles. The van der Waals surface area contributed by atoms with Crippen molar-refractivity contribution in [1.29, 1.82) is 0 Å². The molecule has 0 spiro atoms. The van der Waals surface area contributed by atoms with Crippen LogP contribution in [0.1, 0.15) is 20.8 Å². The normalized spacial score (nSPS) is 13.9. The third-order valence-corrected chi connectivity index (χ3v) is 4.36. The van der Waals surface area contributed by atoms with Crippen molar-refractivity contribution in [2.45, 2.75) is 31.0 Å².